The first-order valence-corrected chi connectivity index (χ1v) is 8.34. The summed E-state index contributed by atoms with van der Waals surface area (Å²) in [5.41, 5.74) is 0.398. The first kappa shape index (κ1) is 16.7. The minimum atomic E-state index is -0.428. The molecule has 0 radical (unpaired) electrons. The molecule has 0 bridgehead atoms. The van der Waals surface area contributed by atoms with E-state index in [1.165, 1.54) is 6.07 Å². The zero-order valence-electron chi connectivity index (χ0n) is 12.8. The lowest BCUT2D eigenvalue weighted by atomic mass is 10.1. The van der Waals surface area contributed by atoms with Crippen molar-refractivity contribution in [3.8, 4) is 0 Å². The van der Waals surface area contributed by atoms with Gasteiger partial charge >= 0.3 is 0 Å². The number of benzene rings is 1. The van der Waals surface area contributed by atoms with Crippen LogP contribution in [0.5, 0.6) is 0 Å². The molecule has 3 rings (SSSR count). The molecule has 126 valence electrons. The number of amides is 2. The molecule has 2 aromatic rings. The molecule has 24 heavy (non-hydrogen) atoms. The van der Waals surface area contributed by atoms with Crippen molar-refractivity contribution >= 4 is 27.7 Å². The monoisotopic (exact) mass is 394 g/mol. The van der Waals surface area contributed by atoms with E-state index in [2.05, 4.69) is 21.2 Å². The Kier molecular flexibility index (Phi) is 4.99. The van der Waals surface area contributed by atoms with Crippen LogP contribution in [0.2, 0.25) is 0 Å². The van der Waals surface area contributed by atoms with E-state index in [1.807, 2.05) is 0 Å². The lowest BCUT2D eigenvalue weighted by molar-refractivity contribution is -0.129. The Morgan fingerprint density at radius 3 is 3.00 bits per heavy atom. The van der Waals surface area contributed by atoms with Crippen molar-refractivity contribution in [1.29, 1.82) is 0 Å². The van der Waals surface area contributed by atoms with E-state index in [4.69, 9.17) is 4.42 Å². The zero-order chi connectivity index (χ0) is 17.1. The van der Waals surface area contributed by atoms with Gasteiger partial charge in [-0.15, -0.1) is 0 Å². The van der Waals surface area contributed by atoms with Crippen molar-refractivity contribution in [3.63, 3.8) is 0 Å². The third kappa shape index (κ3) is 3.84. The van der Waals surface area contributed by atoms with Gasteiger partial charge in [0.1, 0.15) is 11.6 Å². The van der Waals surface area contributed by atoms with E-state index in [9.17, 15) is 14.0 Å². The van der Waals surface area contributed by atoms with Crippen molar-refractivity contribution in [2.24, 2.45) is 5.92 Å². The van der Waals surface area contributed by atoms with E-state index in [0.717, 1.165) is 4.47 Å². The lowest BCUT2D eigenvalue weighted by Crippen LogP contribution is -2.32. The highest BCUT2D eigenvalue weighted by Gasteiger charge is 2.34. The van der Waals surface area contributed by atoms with Gasteiger partial charge in [-0.3, -0.25) is 9.59 Å². The largest absolute Gasteiger partial charge is 0.467 e. The van der Waals surface area contributed by atoms with Crippen LogP contribution in [-0.4, -0.2) is 23.3 Å². The Hall–Kier alpha value is -2.15. The number of rotatable bonds is 5. The van der Waals surface area contributed by atoms with Gasteiger partial charge in [0.05, 0.1) is 18.7 Å². The van der Waals surface area contributed by atoms with E-state index >= 15 is 0 Å². The number of likely N-dealkylation sites (tertiary alicyclic amines) is 1. The Morgan fingerprint density at radius 2 is 2.25 bits per heavy atom. The highest BCUT2D eigenvalue weighted by Crippen LogP contribution is 2.21. The van der Waals surface area contributed by atoms with Crippen molar-refractivity contribution in [2.45, 2.75) is 19.5 Å². The van der Waals surface area contributed by atoms with Gasteiger partial charge in [0.25, 0.3) is 0 Å². The highest BCUT2D eigenvalue weighted by atomic mass is 79.9. The number of hydrogen-bond acceptors (Lipinski definition) is 3. The van der Waals surface area contributed by atoms with Gasteiger partial charge in [0.15, 0.2) is 0 Å². The summed E-state index contributed by atoms with van der Waals surface area (Å²) < 4.78 is 19.7. The highest BCUT2D eigenvalue weighted by molar-refractivity contribution is 9.10. The SMILES string of the molecule is O=C(NCc1cc(Br)ccc1F)[C@H]1CC(=O)N(Cc2ccco2)C1. The summed E-state index contributed by atoms with van der Waals surface area (Å²) in [4.78, 5) is 25.9. The van der Waals surface area contributed by atoms with E-state index < -0.39 is 5.92 Å². The van der Waals surface area contributed by atoms with Crippen molar-refractivity contribution in [1.82, 2.24) is 10.2 Å². The molecule has 7 heteroatoms. The molecule has 2 heterocycles. The van der Waals surface area contributed by atoms with Crippen LogP contribution in [0.15, 0.2) is 45.5 Å². The molecule has 1 fully saturated rings. The summed E-state index contributed by atoms with van der Waals surface area (Å²) in [5, 5.41) is 2.71. The van der Waals surface area contributed by atoms with Crippen LogP contribution >= 0.6 is 15.9 Å². The Bertz CT molecular complexity index is 748. The fourth-order valence-electron chi connectivity index (χ4n) is 2.70. The maximum absolute atomic E-state index is 13.7. The number of furan rings is 1. The Labute approximate surface area is 146 Å². The van der Waals surface area contributed by atoms with E-state index in [-0.39, 0.29) is 30.6 Å². The number of hydrogen-bond donors (Lipinski definition) is 1. The average molecular weight is 395 g/mol. The average Bonchev–Trinajstić information content (AvgIpc) is 3.19. The van der Waals surface area contributed by atoms with Gasteiger partial charge in [0, 0.05) is 29.5 Å². The number of nitrogens with one attached hydrogen (secondary N) is 1. The molecular formula is C17H16BrFN2O3. The summed E-state index contributed by atoms with van der Waals surface area (Å²) in [5.74, 6) is -0.450. The second-order valence-corrected chi connectivity index (χ2v) is 6.62. The zero-order valence-corrected chi connectivity index (χ0v) is 14.4. The van der Waals surface area contributed by atoms with Gasteiger partial charge in [0.2, 0.25) is 11.8 Å². The maximum atomic E-state index is 13.7. The molecule has 1 aromatic heterocycles. The lowest BCUT2D eigenvalue weighted by Gasteiger charge is -2.15. The van der Waals surface area contributed by atoms with Crippen LogP contribution in [0.1, 0.15) is 17.7 Å². The third-order valence-electron chi connectivity index (χ3n) is 3.97. The number of carbonyl (C=O) groups excluding carboxylic acids is 2. The standard InChI is InChI=1S/C17H16BrFN2O3/c18-13-3-4-15(19)11(6-13)8-20-17(23)12-7-16(22)21(9-12)10-14-2-1-5-24-14/h1-6,12H,7-10H2,(H,20,23)/t12-/m0/s1. The molecule has 0 unspecified atom stereocenters. The van der Waals surface area contributed by atoms with Crippen molar-refractivity contribution < 1.29 is 18.4 Å². The fourth-order valence-corrected chi connectivity index (χ4v) is 3.11. The van der Waals surface area contributed by atoms with Gasteiger partial charge in [-0.2, -0.15) is 0 Å². The second-order valence-electron chi connectivity index (χ2n) is 5.71. The van der Waals surface area contributed by atoms with Crippen LogP contribution in [-0.2, 0) is 22.7 Å². The molecular weight excluding hydrogens is 379 g/mol. The number of halogens is 2. The summed E-state index contributed by atoms with van der Waals surface area (Å²) in [6, 6.07) is 8.11. The molecule has 1 saturated heterocycles. The summed E-state index contributed by atoms with van der Waals surface area (Å²) in [7, 11) is 0. The molecule has 1 aliphatic rings. The van der Waals surface area contributed by atoms with Gasteiger partial charge in [-0.05, 0) is 30.3 Å². The first-order chi connectivity index (χ1) is 11.5. The maximum Gasteiger partial charge on any atom is 0.225 e. The quantitative estimate of drug-likeness (QED) is 0.847. The minimum absolute atomic E-state index is 0.0832. The number of nitrogens with zero attached hydrogens (tertiary/aromatic N) is 1. The van der Waals surface area contributed by atoms with Crippen LogP contribution < -0.4 is 5.32 Å². The van der Waals surface area contributed by atoms with Crippen LogP contribution in [0.25, 0.3) is 0 Å². The molecule has 0 saturated carbocycles. The van der Waals surface area contributed by atoms with Crippen molar-refractivity contribution in [2.75, 3.05) is 6.54 Å². The van der Waals surface area contributed by atoms with Crippen LogP contribution in [0, 0.1) is 11.7 Å². The summed E-state index contributed by atoms with van der Waals surface area (Å²) in [6.07, 6.45) is 1.71. The third-order valence-corrected chi connectivity index (χ3v) is 4.47. The Balaban J connectivity index is 1.56. The molecule has 0 spiro atoms. The van der Waals surface area contributed by atoms with Crippen molar-refractivity contribution in [3.05, 3.63) is 58.2 Å². The molecule has 1 N–H and O–H groups in total. The van der Waals surface area contributed by atoms with Crippen LogP contribution in [0.4, 0.5) is 4.39 Å². The molecule has 2 amide bonds. The van der Waals surface area contributed by atoms with E-state index in [0.29, 0.717) is 24.4 Å². The summed E-state index contributed by atoms with van der Waals surface area (Å²) in [6.45, 7) is 0.787. The second kappa shape index (κ2) is 7.17. The number of carbonyl (C=O) groups is 2. The van der Waals surface area contributed by atoms with Gasteiger partial charge in [-0.25, -0.2) is 4.39 Å². The van der Waals surface area contributed by atoms with Gasteiger partial charge in [-0.1, -0.05) is 15.9 Å². The molecule has 1 aliphatic heterocycles. The van der Waals surface area contributed by atoms with E-state index in [1.54, 1.807) is 35.4 Å². The molecule has 5 nitrogen and oxygen atoms in total. The van der Waals surface area contributed by atoms with Crippen LogP contribution in [0.3, 0.4) is 0 Å². The topological polar surface area (TPSA) is 62.6 Å². The predicted molar refractivity (Wildman–Crippen MR) is 88.2 cm³/mol. The normalized spacial score (nSPS) is 17.3. The predicted octanol–water partition coefficient (Wildman–Crippen LogP) is 2.85. The van der Waals surface area contributed by atoms with Gasteiger partial charge < -0.3 is 14.6 Å². The molecule has 1 atom stereocenters. The molecule has 1 aromatic carbocycles. The minimum Gasteiger partial charge on any atom is -0.467 e. The molecule has 0 aliphatic carbocycles. The first-order valence-electron chi connectivity index (χ1n) is 7.54. The summed E-state index contributed by atoms with van der Waals surface area (Å²) >= 11 is 3.27. The Morgan fingerprint density at radius 1 is 1.42 bits per heavy atom. The fraction of sp³-hybridized carbons (Fsp3) is 0.294. The smallest absolute Gasteiger partial charge is 0.225 e.